The van der Waals surface area contributed by atoms with Gasteiger partial charge in [0.05, 0.1) is 0 Å². The van der Waals surface area contributed by atoms with Gasteiger partial charge in [-0.3, -0.25) is 9.59 Å². The fourth-order valence-electron chi connectivity index (χ4n) is 4.53. The van der Waals surface area contributed by atoms with Crippen LogP contribution >= 0.6 is 12.4 Å². The van der Waals surface area contributed by atoms with Gasteiger partial charge in [0.15, 0.2) is 0 Å². The number of rotatable bonds is 2. The Kier molecular flexibility index (Phi) is 5.64. The number of fused-ring (bicyclic) bond motifs is 2. The first-order chi connectivity index (χ1) is 11.8. The topological polar surface area (TPSA) is 52.7 Å². The summed E-state index contributed by atoms with van der Waals surface area (Å²) in [5.41, 5.74) is 0.678. The quantitative estimate of drug-likeness (QED) is 0.875. The van der Waals surface area contributed by atoms with Gasteiger partial charge in [-0.1, -0.05) is 18.2 Å². The zero-order chi connectivity index (χ0) is 16.5. The third-order valence-corrected chi connectivity index (χ3v) is 5.73. The maximum absolute atomic E-state index is 13.3. The van der Waals surface area contributed by atoms with Crippen molar-refractivity contribution in [2.75, 3.05) is 19.6 Å². The van der Waals surface area contributed by atoms with Crippen LogP contribution in [-0.2, 0) is 4.79 Å². The summed E-state index contributed by atoms with van der Waals surface area (Å²) < 4.78 is 0. The smallest absolute Gasteiger partial charge is 0.254 e. The lowest BCUT2D eigenvalue weighted by Gasteiger charge is -2.33. The Hall–Kier alpha value is -1.59. The van der Waals surface area contributed by atoms with Crippen molar-refractivity contribution in [1.29, 1.82) is 0 Å². The summed E-state index contributed by atoms with van der Waals surface area (Å²) in [7, 11) is 0. The van der Waals surface area contributed by atoms with Gasteiger partial charge in [0, 0.05) is 30.7 Å². The van der Waals surface area contributed by atoms with Crippen molar-refractivity contribution in [3.05, 3.63) is 35.9 Å². The van der Waals surface area contributed by atoms with Crippen molar-refractivity contribution in [2.45, 2.75) is 50.2 Å². The van der Waals surface area contributed by atoms with E-state index in [1.54, 1.807) is 4.90 Å². The van der Waals surface area contributed by atoms with Crippen LogP contribution in [0.2, 0.25) is 0 Å². The highest BCUT2D eigenvalue weighted by atomic mass is 35.5. The van der Waals surface area contributed by atoms with Crippen molar-refractivity contribution < 1.29 is 9.59 Å². The molecule has 3 saturated heterocycles. The van der Waals surface area contributed by atoms with E-state index >= 15 is 0 Å². The van der Waals surface area contributed by atoms with Gasteiger partial charge < -0.3 is 15.1 Å². The number of carbonyl (C=O) groups is 2. The standard InChI is InChI=1S/C19H25N3O2.ClH/c23-18(14-5-2-1-3-6-14)21-12-4-7-17(21)19(24)22-15-8-9-16(22)13-20-11-10-15;/h1-3,5-6,15-17,20H,4,7-13H2;1H. The average molecular weight is 364 g/mol. The number of amides is 2. The minimum atomic E-state index is -0.279. The van der Waals surface area contributed by atoms with E-state index in [0.717, 1.165) is 45.2 Å². The SMILES string of the molecule is Cl.O=C(c1ccccc1)N1CCCC1C(=O)N1C2CCNCC1CC2. The van der Waals surface area contributed by atoms with Crippen LogP contribution in [0.1, 0.15) is 42.5 Å². The van der Waals surface area contributed by atoms with Crippen LogP contribution < -0.4 is 5.32 Å². The molecule has 0 aliphatic carbocycles. The van der Waals surface area contributed by atoms with Gasteiger partial charge in [-0.05, 0) is 50.8 Å². The first-order valence-corrected chi connectivity index (χ1v) is 9.14. The van der Waals surface area contributed by atoms with Gasteiger partial charge in [-0.2, -0.15) is 0 Å². The molecule has 3 unspecified atom stereocenters. The molecule has 6 heteroatoms. The molecular weight excluding hydrogens is 338 g/mol. The van der Waals surface area contributed by atoms with E-state index in [2.05, 4.69) is 10.2 Å². The van der Waals surface area contributed by atoms with E-state index in [0.29, 0.717) is 24.2 Å². The fraction of sp³-hybridized carbons (Fsp3) is 0.579. The maximum atomic E-state index is 13.3. The first kappa shape index (κ1) is 18.2. The minimum Gasteiger partial charge on any atom is -0.334 e. The lowest BCUT2D eigenvalue weighted by Crippen LogP contribution is -2.52. The summed E-state index contributed by atoms with van der Waals surface area (Å²) in [6.45, 7) is 2.56. The van der Waals surface area contributed by atoms with Crippen LogP contribution in [0.5, 0.6) is 0 Å². The van der Waals surface area contributed by atoms with Crippen LogP contribution in [0.15, 0.2) is 30.3 Å². The number of carbonyl (C=O) groups excluding carboxylic acids is 2. The molecule has 1 N–H and O–H groups in total. The molecule has 1 aromatic rings. The first-order valence-electron chi connectivity index (χ1n) is 9.14. The van der Waals surface area contributed by atoms with Crippen molar-refractivity contribution >= 4 is 24.2 Å². The van der Waals surface area contributed by atoms with Crippen molar-refractivity contribution in [2.24, 2.45) is 0 Å². The fourth-order valence-corrected chi connectivity index (χ4v) is 4.53. The summed E-state index contributed by atoms with van der Waals surface area (Å²) in [6, 6.07) is 9.71. The predicted octanol–water partition coefficient (Wildman–Crippen LogP) is 2.07. The Labute approximate surface area is 155 Å². The molecule has 3 heterocycles. The number of nitrogens with one attached hydrogen (secondary N) is 1. The molecule has 3 atom stereocenters. The van der Waals surface area contributed by atoms with E-state index in [-0.39, 0.29) is 30.3 Å². The number of benzene rings is 1. The average Bonchev–Trinajstić information content (AvgIpc) is 3.18. The number of nitrogens with zero attached hydrogens (tertiary/aromatic N) is 2. The highest BCUT2D eigenvalue weighted by Gasteiger charge is 2.44. The zero-order valence-corrected chi connectivity index (χ0v) is 15.2. The third kappa shape index (κ3) is 3.40. The largest absolute Gasteiger partial charge is 0.334 e. The molecule has 2 amide bonds. The number of hydrogen-bond donors (Lipinski definition) is 1. The second kappa shape index (κ2) is 7.75. The van der Waals surface area contributed by atoms with E-state index in [4.69, 9.17) is 0 Å². The van der Waals surface area contributed by atoms with E-state index in [1.165, 1.54) is 0 Å². The predicted molar refractivity (Wildman–Crippen MR) is 98.9 cm³/mol. The molecule has 0 radical (unpaired) electrons. The lowest BCUT2D eigenvalue weighted by molar-refractivity contribution is -0.137. The van der Waals surface area contributed by atoms with Gasteiger partial charge in [0.2, 0.25) is 5.91 Å². The van der Waals surface area contributed by atoms with Crippen LogP contribution in [0.4, 0.5) is 0 Å². The van der Waals surface area contributed by atoms with Crippen LogP contribution in [0, 0.1) is 0 Å². The molecule has 1 aromatic carbocycles. The Morgan fingerprint density at radius 2 is 1.76 bits per heavy atom. The molecule has 3 fully saturated rings. The van der Waals surface area contributed by atoms with Gasteiger partial charge in [0.1, 0.15) is 6.04 Å². The number of halogens is 1. The zero-order valence-electron chi connectivity index (χ0n) is 14.4. The summed E-state index contributed by atoms with van der Waals surface area (Å²) in [6.07, 6.45) is 4.93. The van der Waals surface area contributed by atoms with E-state index in [1.807, 2.05) is 30.3 Å². The molecule has 2 bridgehead atoms. The summed E-state index contributed by atoms with van der Waals surface area (Å²) >= 11 is 0. The Morgan fingerprint density at radius 3 is 2.56 bits per heavy atom. The maximum Gasteiger partial charge on any atom is 0.254 e. The van der Waals surface area contributed by atoms with E-state index in [9.17, 15) is 9.59 Å². The molecule has 3 aliphatic heterocycles. The van der Waals surface area contributed by atoms with Gasteiger partial charge in [-0.25, -0.2) is 0 Å². The molecule has 136 valence electrons. The van der Waals surface area contributed by atoms with Gasteiger partial charge >= 0.3 is 0 Å². The highest BCUT2D eigenvalue weighted by Crippen LogP contribution is 2.31. The molecule has 4 rings (SSSR count). The molecule has 0 aromatic heterocycles. The third-order valence-electron chi connectivity index (χ3n) is 5.73. The van der Waals surface area contributed by atoms with Gasteiger partial charge in [0.25, 0.3) is 5.91 Å². The molecule has 3 aliphatic rings. The van der Waals surface area contributed by atoms with Crippen LogP contribution in [-0.4, -0.2) is 59.4 Å². The molecular formula is C19H26ClN3O2. The summed E-state index contributed by atoms with van der Waals surface area (Å²) in [4.78, 5) is 30.0. The lowest BCUT2D eigenvalue weighted by atomic mass is 10.1. The van der Waals surface area contributed by atoms with Gasteiger partial charge in [-0.15, -0.1) is 12.4 Å². The minimum absolute atomic E-state index is 0. The number of hydrogen-bond acceptors (Lipinski definition) is 3. The number of likely N-dealkylation sites (tertiary alicyclic amines) is 1. The van der Waals surface area contributed by atoms with E-state index < -0.39 is 0 Å². The van der Waals surface area contributed by atoms with Crippen LogP contribution in [0.25, 0.3) is 0 Å². The Morgan fingerprint density at radius 1 is 1.00 bits per heavy atom. The Bertz CT molecular complexity index is 610. The summed E-state index contributed by atoms with van der Waals surface area (Å²) in [5, 5.41) is 3.44. The molecule has 5 nitrogen and oxygen atoms in total. The second-order valence-corrected chi connectivity index (χ2v) is 7.15. The molecule has 0 spiro atoms. The van der Waals surface area contributed by atoms with Crippen molar-refractivity contribution in [3.8, 4) is 0 Å². The molecule has 25 heavy (non-hydrogen) atoms. The van der Waals surface area contributed by atoms with Crippen LogP contribution in [0.3, 0.4) is 0 Å². The monoisotopic (exact) mass is 363 g/mol. The van der Waals surface area contributed by atoms with Crippen molar-refractivity contribution in [3.63, 3.8) is 0 Å². The summed E-state index contributed by atoms with van der Waals surface area (Å²) in [5.74, 6) is 0.166. The second-order valence-electron chi connectivity index (χ2n) is 7.15. The highest BCUT2D eigenvalue weighted by molar-refractivity contribution is 5.98. The molecule has 0 saturated carbocycles. The Balaban J connectivity index is 0.00000182. The van der Waals surface area contributed by atoms with Crippen molar-refractivity contribution in [1.82, 2.24) is 15.1 Å². The normalized spacial score (nSPS) is 28.4.